The van der Waals surface area contributed by atoms with Crippen molar-refractivity contribution in [2.45, 2.75) is 13.0 Å². The van der Waals surface area contributed by atoms with Gasteiger partial charge in [-0.15, -0.1) is 0 Å². The first-order valence-corrected chi connectivity index (χ1v) is 10.6. The van der Waals surface area contributed by atoms with Crippen LogP contribution in [0.3, 0.4) is 0 Å². The number of carbonyl (C=O) groups excluding carboxylic acids is 2. The van der Waals surface area contributed by atoms with Crippen LogP contribution in [-0.2, 0) is 9.53 Å². The number of anilines is 2. The van der Waals surface area contributed by atoms with Gasteiger partial charge < -0.3 is 20.7 Å². The minimum Gasteiger partial charge on any atom is -0.442 e. The number of cyclic esters (lactones) is 1. The molecule has 2 aliphatic heterocycles. The lowest BCUT2D eigenvalue weighted by Gasteiger charge is -2.21. The fourth-order valence-electron chi connectivity index (χ4n) is 3.24. The average Bonchev–Trinajstić information content (AvgIpc) is 3.23. The van der Waals surface area contributed by atoms with Crippen LogP contribution >= 0.6 is 11.8 Å². The second-order valence-electron chi connectivity index (χ2n) is 6.88. The standard InChI is InChI=1S/C19H24FN5O3S/c1-12(26)23-7-15-9-25(19(27)28-15)14-3-4-18(16(20)5-14)24-8-13(17(21)10-24)6-22-11-29-2/h3-6,15H,7-11,21H2,1-2H3,(H,23,26)/p+1/t15-/m0/s1. The van der Waals surface area contributed by atoms with Gasteiger partial charge in [0.25, 0.3) is 0 Å². The van der Waals surface area contributed by atoms with E-state index in [2.05, 4.69) is 10.3 Å². The molecule has 0 saturated carbocycles. The molecule has 3 rings (SSSR count). The zero-order valence-corrected chi connectivity index (χ0v) is 17.2. The van der Waals surface area contributed by atoms with E-state index < -0.39 is 18.0 Å². The Morgan fingerprint density at radius 3 is 2.97 bits per heavy atom. The Labute approximate surface area is 173 Å². The van der Waals surface area contributed by atoms with Crippen LogP contribution < -0.4 is 25.8 Å². The van der Waals surface area contributed by atoms with Crippen molar-refractivity contribution >= 4 is 41.4 Å². The van der Waals surface area contributed by atoms with Gasteiger partial charge in [-0.2, -0.15) is 0 Å². The van der Waals surface area contributed by atoms with E-state index >= 15 is 0 Å². The van der Waals surface area contributed by atoms with Crippen LogP contribution in [0.5, 0.6) is 0 Å². The van der Waals surface area contributed by atoms with Crippen LogP contribution in [0.2, 0.25) is 0 Å². The van der Waals surface area contributed by atoms with Crippen molar-refractivity contribution < 1.29 is 23.7 Å². The molecule has 0 radical (unpaired) electrons. The summed E-state index contributed by atoms with van der Waals surface area (Å²) in [5.41, 5.74) is 8.56. The first-order chi connectivity index (χ1) is 13.9. The smallest absolute Gasteiger partial charge is 0.414 e. The maximum absolute atomic E-state index is 14.8. The fourth-order valence-corrected chi connectivity index (χ4v) is 3.49. The van der Waals surface area contributed by atoms with Crippen molar-refractivity contribution in [3.05, 3.63) is 35.3 Å². The minimum absolute atomic E-state index is 0.200. The molecule has 0 aliphatic carbocycles. The second-order valence-corrected chi connectivity index (χ2v) is 7.74. The molecule has 10 heteroatoms. The number of amides is 2. The molecule has 0 spiro atoms. The molecular formula is C19H25FN5O3S+. The third-order valence-corrected chi connectivity index (χ3v) is 5.13. The summed E-state index contributed by atoms with van der Waals surface area (Å²) >= 11 is 1.66. The molecule has 29 heavy (non-hydrogen) atoms. The third-order valence-electron chi connectivity index (χ3n) is 4.68. The van der Waals surface area contributed by atoms with E-state index in [4.69, 9.17) is 10.5 Å². The topological polar surface area (TPSA) is 102 Å². The summed E-state index contributed by atoms with van der Waals surface area (Å²) in [5, 5.41) is 2.61. The lowest BCUT2D eigenvalue weighted by atomic mass is 10.2. The highest BCUT2D eigenvalue weighted by atomic mass is 32.2. The maximum atomic E-state index is 14.8. The van der Waals surface area contributed by atoms with E-state index in [1.165, 1.54) is 17.9 Å². The molecule has 0 aromatic heterocycles. The van der Waals surface area contributed by atoms with E-state index in [-0.39, 0.29) is 19.0 Å². The van der Waals surface area contributed by atoms with Crippen molar-refractivity contribution in [1.29, 1.82) is 0 Å². The molecule has 2 aliphatic rings. The minimum atomic E-state index is -0.559. The average molecular weight is 423 g/mol. The summed E-state index contributed by atoms with van der Waals surface area (Å²) < 4.78 is 20.1. The number of carbonyl (C=O) groups is 2. The van der Waals surface area contributed by atoms with E-state index in [1.54, 1.807) is 23.9 Å². The van der Waals surface area contributed by atoms with Gasteiger partial charge in [-0.1, -0.05) is 11.8 Å². The zero-order valence-electron chi connectivity index (χ0n) is 16.4. The maximum Gasteiger partial charge on any atom is 0.414 e. The Kier molecular flexibility index (Phi) is 6.63. The van der Waals surface area contributed by atoms with Crippen LogP contribution in [0.1, 0.15) is 6.92 Å². The molecule has 8 nitrogen and oxygen atoms in total. The first kappa shape index (κ1) is 21.0. The van der Waals surface area contributed by atoms with E-state index in [1.807, 2.05) is 17.4 Å². The Hall–Kier alpha value is -2.75. The SMILES string of the molecule is CSC[NH+]=CC1=C(N)CN(c2ccc(N3C[C@H](CNC(C)=O)OC3=O)cc2F)C1. The summed E-state index contributed by atoms with van der Waals surface area (Å²) in [6, 6.07) is 4.65. The molecule has 1 atom stereocenters. The van der Waals surface area contributed by atoms with Crippen LogP contribution in [0, 0.1) is 5.82 Å². The zero-order chi connectivity index (χ0) is 21.0. The number of nitrogens with two attached hydrogens (primary N) is 1. The molecule has 1 fully saturated rings. The lowest BCUT2D eigenvalue weighted by Crippen LogP contribution is -2.68. The van der Waals surface area contributed by atoms with Gasteiger partial charge in [-0.3, -0.25) is 9.69 Å². The molecule has 1 aromatic carbocycles. The number of thioether (sulfide) groups is 1. The number of nitrogens with zero attached hydrogens (tertiary/aromatic N) is 2. The quantitative estimate of drug-likeness (QED) is 0.415. The first-order valence-electron chi connectivity index (χ1n) is 9.19. The van der Waals surface area contributed by atoms with Gasteiger partial charge in [0, 0.05) is 12.6 Å². The Balaban J connectivity index is 1.67. The lowest BCUT2D eigenvalue weighted by molar-refractivity contribution is -0.425. The predicted molar refractivity (Wildman–Crippen MR) is 112 cm³/mol. The number of hydrogen-bond donors (Lipinski definition) is 3. The fraction of sp³-hybridized carbons (Fsp3) is 0.421. The van der Waals surface area contributed by atoms with E-state index in [0.717, 1.165) is 11.4 Å². The van der Waals surface area contributed by atoms with Crippen molar-refractivity contribution in [3.8, 4) is 0 Å². The van der Waals surface area contributed by atoms with Gasteiger partial charge in [0.15, 0.2) is 12.1 Å². The summed E-state index contributed by atoms with van der Waals surface area (Å²) in [5.74, 6) is 0.134. The number of ether oxygens (including phenoxy) is 1. The Bertz CT molecular complexity index is 860. The van der Waals surface area contributed by atoms with E-state index in [9.17, 15) is 14.0 Å². The normalized spacial score (nSPS) is 19.4. The third kappa shape index (κ3) is 5.00. The molecule has 156 valence electrons. The van der Waals surface area contributed by atoms with Gasteiger partial charge >= 0.3 is 6.09 Å². The monoisotopic (exact) mass is 422 g/mol. The molecule has 0 unspecified atom stereocenters. The van der Waals surface area contributed by atoms with Crippen LogP contribution in [0.25, 0.3) is 0 Å². The Morgan fingerprint density at radius 1 is 1.48 bits per heavy atom. The van der Waals surface area contributed by atoms with Gasteiger partial charge in [-0.05, 0) is 24.5 Å². The van der Waals surface area contributed by atoms with E-state index in [0.29, 0.717) is 30.2 Å². The molecule has 1 aromatic rings. The summed E-state index contributed by atoms with van der Waals surface area (Å²) in [4.78, 5) is 29.5. The van der Waals surface area contributed by atoms with Crippen molar-refractivity contribution in [2.75, 3.05) is 48.1 Å². The van der Waals surface area contributed by atoms with Crippen LogP contribution in [0.4, 0.5) is 20.6 Å². The number of nitrogens with one attached hydrogen (secondary N) is 2. The Morgan fingerprint density at radius 2 is 2.28 bits per heavy atom. The van der Waals surface area contributed by atoms with Crippen LogP contribution in [-0.4, -0.2) is 62.6 Å². The predicted octanol–water partition coefficient (Wildman–Crippen LogP) is -0.208. The molecule has 2 amide bonds. The van der Waals surface area contributed by atoms with Gasteiger partial charge in [0.2, 0.25) is 5.91 Å². The van der Waals surface area contributed by atoms with Crippen molar-refractivity contribution in [2.24, 2.45) is 5.73 Å². The summed E-state index contributed by atoms with van der Waals surface area (Å²) in [6.45, 7) is 2.81. The number of halogens is 1. The van der Waals surface area contributed by atoms with Crippen molar-refractivity contribution in [1.82, 2.24) is 5.32 Å². The highest BCUT2D eigenvalue weighted by Crippen LogP contribution is 2.30. The van der Waals surface area contributed by atoms with Crippen LogP contribution in [0.15, 0.2) is 29.5 Å². The molecule has 1 saturated heterocycles. The molecule has 2 heterocycles. The second kappa shape index (κ2) is 9.17. The number of rotatable bonds is 7. The van der Waals surface area contributed by atoms with Gasteiger partial charge in [0.1, 0.15) is 11.9 Å². The molecule has 0 bridgehead atoms. The highest BCUT2D eigenvalue weighted by molar-refractivity contribution is 7.98. The highest BCUT2D eigenvalue weighted by Gasteiger charge is 2.33. The summed E-state index contributed by atoms with van der Waals surface area (Å²) in [6.07, 6.45) is 2.84. The number of benzene rings is 1. The van der Waals surface area contributed by atoms with Gasteiger partial charge in [0.05, 0.1) is 43.1 Å². The van der Waals surface area contributed by atoms with Crippen molar-refractivity contribution in [3.63, 3.8) is 0 Å². The number of hydrogen-bond acceptors (Lipinski definition) is 6. The largest absolute Gasteiger partial charge is 0.442 e. The summed E-state index contributed by atoms with van der Waals surface area (Å²) in [7, 11) is 0. The molecular weight excluding hydrogens is 397 g/mol. The molecule has 4 N–H and O–H groups in total. The van der Waals surface area contributed by atoms with Gasteiger partial charge in [-0.25, -0.2) is 14.2 Å².